The lowest BCUT2D eigenvalue weighted by molar-refractivity contribution is 0.0475. The van der Waals surface area contributed by atoms with Crippen LogP contribution in [0.3, 0.4) is 0 Å². The van der Waals surface area contributed by atoms with E-state index >= 15 is 0 Å². The van der Waals surface area contributed by atoms with Crippen molar-refractivity contribution < 1.29 is 28.3 Å². The molecule has 35 heavy (non-hydrogen) atoms. The van der Waals surface area contributed by atoms with E-state index in [-0.39, 0.29) is 65.2 Å². The molecule has 2 aromatic rings. The lowest BCUT2D eigenvalue weighted by atomic mass is 10.0. The second kappa shape index (κ2) is 9.39. The van der Waals surface area contributed by atoms with Crippen LogP contribution < -0.4 is 0 Å². The van der Waals surface area contributed by atoms with Gasteiger partial charge in [-0.2, -0.15) is 0 Å². The van der Waals surface area contributed by atoms with E-state index in [0.717, 1.165) is 18.9 Å². The summed E-state index contributed by atoms with van der Waals surface area (Å²) in [6, 6.07) is 8.18. The van der Waals surface area contributed by atoms with Crippen molar-refractivity contribution in [3.63, 3.8) is 0 Å². The van der Waals surface area contributed by atoms with Gasteiger partial charge in [-0.3, -0.25) is 24.1 Å². The smallest absolute Gasteiger partial charge is 0.261 e. The number of fused-ring (bicyclic) bond motifs is 1. The normalized spacial score (nSPS) is 19.9. The number of hydrogen-bond donors (Lipinski definition) is 0. The van der Waals surface area contributed by atoms with E-state index in [1.807, 2.05) is 0 Å². The zero-order chi connectivity index (χ0) is 24.7. The number of benzene rings is 2. The second-order valence-corrected chi connectivity index (χ2v) is 9.23. The molecule has 182 valence electrons. The van der Waals surface area contributed by atoms with Gasteiger partial charge in [-0.25, -0.2) is 4.39 Å². The summed E-state index contributed by atoms with van der Waals surface area (Å²) in [4.78, 5) is 55.9. The Balaban J connectivity index is 1.24. The van der Waals surface area contributed by atoms with Gasteiger partial charge in [0.15, 0.2) is 0 Å². The zero-order valence-electron chi connectivity index (χ0n) is 18.8. The molecule has 2 saturated heterocycles. The molecule has 0 radical (unpaired) electrons. The number of carbonyl (C=O) groups is 4. The molecule has 1 atom stereocenters. The maximum Gasteiger partial charge on any atom is 0.261 e. The molecule has 0 bridgehead atoms. The Bertz CT molecular complexity index is 1220. The van der Waals surface area contributed by atoms with Gasteiger partial charge in [-0.15, -0.1) is 0 Å². The Kier molecular flexibility index (Phi) is 6.29. The minimum Gasteiger partial charge on any atom is -0.376 e. The van der Waals surface area contributed by atoms with Crippen molar-refractivity contribution in [1.29, 1.82) is 0 Å². The minimum absolute atomic E-state index is 0.0411. The zero-order valence-corrected chi connectivity index (χ0v) is 19.6. The number of ether oxygens (including phenoxy) is 1. The summed E-state index contributed by atoms with van der Waals surface area (Å²) in [5, 5.41) is 0.0411. The van der Waals surface area contributed by atoms with Gasteiger partial charge in [-0.1, -0.05) is 11.6 Å². The Labute approximate surface area is 206 Å². The lowest BCUT2D eigenvalue weighted by Gasteiger charge is -2.35. The minimum atomic E-state index is -0.522. The molecule has 0 aliphatic carbocycles. The third-order valence-corrected chi connectivity index (χ3v) is 6.96. The molecule has 2 fully saturated rings. The van der Waals surface area contributed by atoms with Gasteiger partial charge in [0.05, 0.1) is 34.4 Å². The molecule has 5 rings (SSSR count). The van der Waals surface area contributed by atoms with Crippen molar-refractivity contribution in [2.45, 2.75) is 18.9 Å². The monoisotopic (exact) mass is 499 g/mol. The predicted octanol–water partition coefficient (Wildman–Crippen LogP) is 2.85. The van der Waals surface area contributed by atoms with E-state index in [1.54, 1.807) is 15.9 Å². The van der Waals surface area contributed by atoms with Crippen LogP contribution in [-0.4, -0.2) is 83.8 Å². The molecule has 4 amide bonds. The number of hydrogen-bond acceptors (Lipinski definition) is 5. The molecule has 8 nitrogen and oxygen atoms in total. The van der Waals surface area contributed by atoms with Crippen molar-refractivity contribution >= 4 is 35.2 Å². The second-order valence-electron chi connectivity index (χ2n) is 8.82. The summed E-state index contributed by atoms with van der Waals surface area (Å²) in [5.74, 6) is -1.91. The van der Waals surface area contributed by atoms with E-state index in [9.17, 15) is 23.6 Å². The van der Waals surface area contributed by atoms with Crippen molar-refractivity contribution in [3.05, 3.63) is 69.5 Å². The number of imide groups is 1. The Hall–Kier alpha value is -3.30. The largest absolute Gasteiger partial charge is 0.376 e. The molecule has 3 aliphatic heterocycles. The molecular weight excluding hydrogens is 477 g/mol. The van der Waals surface area contributed by atoms with E-state index < -0.39 is 11.7 Å². The van der Waals surface area contributed by atoms with Crippen molar-refractivity contribution in [1.82, 2.24) is 14.7 Å². The standard InChI is InChI=1S/C25H23ClFN3O5/c26-21-13-16(27)4-6-19(21)23(32)29-9-7-28(8-10-29)22(31)15-3-5-18-20(12-15)25(34)30(24(18)33)14-17-2-1-11-35-17/h3-6,12-13,17H,1-2,7-11,14H2. The van der Waals surface area contributed by atoms with Gasteiger partial charge in [0.1, 0.15) is 5.82 Å². The molecule has 10 heteroatoms. The van der Waals surface area contributed by atoms with Gasteiger partial charge < -0.3 is 14.5 Å². The van der Waals surface area contributed by atoms with Gasteiger partial charge in [0.2, 0.25) is 0 Å². The van der Waals surface area contributed by atoms with Crippen LogP contribution in [0.5, 0.6) is 0 Å². The average molecular weight is 500 g/mol. The van der Waals surface area contributed by atoms with Gasteiger partial charge in [0.25, 0.3) is 23.6 Å². The highest BCUT2D eigenvalue weighted by Crippen LogP contribution is 2.27. The molecule has 2 aromatic carbocycles. The number of rotatable bonds is 4. The molecule has 0 N–H and O–H groups in total. The van der Waals surface area contributed by atoms with Crippen LogP contribution in [0.15, 0.2) is 36.4 Å². The highest BCUT2D eigenvalue weighted by atomic mass is 35.5. The van der Waals surface area contributed by atoms with Crippen LogP contribution in [0, 0.1) is 5.82 Å². The van der Waals surface area contributed by atoms with Gasteiger partial charge in [-0.05, 0) is 49.2 Å². The van der Waals surface area contributed by atoms with Crippen molar-refractivity contribution in [2.75, 3.05) is 39.3 Å². The first-order valence-electron chi connectivity index (χ1n) is 11.5. The van der Waals surface area contributed by atoms with Crippen molar-refractivity contribution in [3.8, 4) is 0 Å². The maximum absolute atomic E-state index is 13.3. The highest BCUT2D eigenvalue weighted by Gasteiger charge is 2.38. The predicted molar refractivity (Wildman–Crippen MR) is 124 cm³/mol. The molecule has 3 heterocycles. The number of halogens is 2. The van der Waals surface area contributed by atoms with Gasteiger partial charge in [0, 0.05) is 38.3 Å². The lowest BCUT2D eigenvalue weighted by Crippen LogP contribution is -2.50. The van der Waals surface area contributed by atoms with E-state index in [4.69, 9.17) is 16.3 Å². The maximum atomic E-state index is 13.3. The average Bonchev–Trinajstić information content (AvgIpc) is 3.46. The summed E-state index contributed by atoms with van der Waals surface area (Å²) < 4.78 is 18.9. The quantitative estimate of drug-likeness (QED) is 0.604. The topological polar surface area (TPSA) is 87.2 Å². The third kappa shape index (κ3) is 4.41. The van der Waals surface area contributed by atoms with E-state index in [2.05, 4.69) is 0 Å². The van der Waals surface area contributed by atoms with Crippen LogP contribution in [0.4, 0.5) is 4.39 Å². The summed E-state index contributed by atoms with van der Waals surface area (Å²) in [7, 11) is 0. The van der Waals surface area contributed by atoms with Crippen LogP contribution in [-0.2, 0) is 4.74 Å². The van der Waals surface area contributed by atoms with Crippen LogP contribution in [0.1, 0.15) is 54.3 Å². The summed E-state index contributed by atoms with van der Waals surface area (Å²) in [6.45, 7) is 1.99. The summed E-state index contributed by atoms with van der Waals surface area (Å²) in [5.41, 5.74) is 1.03. The number of nitrogens with zero attached hydrogens (tertiary/aromatic N) is 3. The molecule has 1 unspecified atom stereocenters. The highest BCUT2D eigenvalue weighted by molar-refractivity contribution is 6.33. The Morgan fingerprint density at radius 2 is 1.63 bits per heavy atom. The number of carbonyl (C=O) groups excluding carboxylic acids is 4. The first-order chi connectivity index (χ1) is 16.8. The first kappa shape index (κ1) is 23.4. The van der Waals surface area contributed by atoms with Crippen LogP contribution >= 0.6 is 11.6 Å². The number of piperazine rings is 1. The molecule has 0 spiro atoms. The fourth-order valence-corrected chi connectivity index (χ4v) is 4.96. The Morgan fingerprint density at radius 3 is 2.29 bits per heavy atom. The molecule has 3 aliphatic rings. The van der Waals surface area contributed by atoms with Crippen LogP contribution in [0.2, 0.25) is 5.02 Å². The fraction of sp³-hybridized carbons (Fsp3) is 0.360. The third-order valence-electron chi connectivity index (χ3n) is 6.64. The summed E-state index contributed by atoms with van der Waals surface area (Å²) >= 11 is 6.01. The van der Waals surface area contributed by atoms with E-state index in [0.29, 0.717) is 25.3 Å². The molecular formula is C25H23ClFN3O5. The van der Waals surface area contributed by atoms with E-state index in [1.165, 1.54) is 29.2 Å². The van der Waals surface area contributed by atoms with Crippen LogP contribution in [0.25, 0.3) is 0 Å². The first-order valence-corrected chi connectivity index (χ1v) is 11.9. The Morgan fingerprint density at radius 1 is 0.943 bits per heavy atom. The summed E-state index contributed by atoms with van der Waals surface area (Å²) in [6.07, 6.45) is 1.56. The fourth-order valence-electron chi connectivity index (χ4n) is 4.71. The SMILES string of the molecule is O=C(c1ccc2c(c1)C(=O)N(CC1CCCO1)C2=O)N1CCN(C(=O)c2ccc(F)cc2Cl)CC1. The molecule has 0 saturated carbocycles. The van der Waals surface area contributed by atoms with Gasteiger partial charge >= 0.3 is 0 Å². The number of amides is 4. The van der Waals surface area contributed by atoms with Crippen molar-refractivity contribution in [2.24, 2.45) is 0 Å². The molecule has 0 aromatic heterocycles.